The Morgan fingerprint density at radius 1 is 0.818 bits per heavy atom. The number of esters is 2. The van der Waals surface area contributed by atoms with Crippen LogP contribution in [0.2, 0.25) is 0 Å². The van der Waals surface area contributed by atoms with E-state index in [2.05, 4.69) is 30.2 Å². The summed E-state index contributed by atoms with van der Waals surface area (Å²) in [4.78, 5) is 63.8. The van der Waals surface area contributed by atoms with Gasteiger partial charge in [-0.1, -0.05) is 36.8 Å². The monoisotopic (exact) mass is 933 g/mol. The molecule has 0 saturated heterocycles. The van der Waals surface area contributed by atoms with Crippen molar-refractivity contribution in [1.82, 2.24) is 20.5 Å². The summed E-state index contributed by atoms with van der Waals surface area (Å²) in [7, 11) is 0.553. The number of aromatic nitrogens is 3. The second-order valence-electron chi connectivity index (χ2n) is 16.2. The quantitative estimate of drug-likeness (QED) is 0.0627. The first-order valence-corrected chi connectivity index (χ1v) is 21.1. The lowest BCUT2D eigenvalue weighted by Crippen LogP contribution is -2.48. The molecule has 2 saturated carbocycles. The van der Waals surface area contributed by atoms with Crippen LogP contribution in [-0.4, -0.2) is 82.7 Å². The largest absolute Gasteiger partial charge is 0.490 e. The highest BCUT2D eigenvalue weighted by atomic mass is 19.4. The second kappa shape index (κ2) is 21.7. The minimum Gasteiger partial charge on any atom is -0.464 e. The van der Waals surface area contributed by atoms with Crippen molar-refractivity contribution < 1.29 is 64.2 Å². The van der Waals surface area contributed by atoms with Crippen LogP contribution in [-0.2, 0) is 41.0 Å². The van der Waals surface area contributed by atoms with Crippen LogP contribution < -0.4 is 22.1 Å². The molecule has 3 aromatic carbocycles. The molecule has 2 fully saturated rings. The second-order valence-corrected chi connectivity index (χ2v) is 16.2. The Morgan fingerprint density at radius 2 is 1.44 bits per heavy atom. The smallest absolute Gasteiger partial charge is 0.464 e. The number of amides is 3. The van der Waals surface area contributed by atoms with Crippen molar-refractivity contribution in [3.63, 3.8) is 0 Å². The van der Waals surface area contributed by atoms with Crippen molar-refractivity contribution in [2.24, 2.45) is 23.3 Å². The van der Waals surface area contributed by atoms with Gasteiger partial charge in [0.1, 0.15) is 12.1 Å². The van der Waals surface area contributed by atoms with Crippen LogP contribution >= 0.6 is 0 Å². The van der Waals surface area contributed by atoms with E-state index in [1.807, 2.05) is 37.3 Å². The summed E-state index contributed by atoms with van der Waals surface area (Å²) in [5.41, 5.74) is 15.4. The van der Waals surface area contributed by atoms with Gasteiger partial charge in [0.05, 0.1) is 7.11 Å². The summed E-state index contributed by atoms with van der Waals surface area (Å²) in [5, 5.41) is 11.0. The molecule has 6 rings (SSSR count). The van der Waals surface area contributed by atoms with E-state index in [1.165, 1.54) is 24.3 Å². The number of ether oxygens (including phenoxy) is 2. The zero-order chi connectivity index (χ0) is 48.4. The highest BCUT2D eigenvalue weighted by molar-refractivity contribution is 5.98. The van der Waals surface area contributed by atoms with Gasteiger partial charge in [-0.2, -0.15) is 35.8 Å². The highest BCUT2D eigenvalue weighted by Gasteiger charge is 2.66. The average Bonchev–Trinajstić information content (AvgIpc) is 3.81. The molecule has 14 nitrogen and oxygen atoms in total. The first-order chi connectivity index (χ1) is 31.1. The van der Waals surface area contributed by atoms with Gasteiger partial charge in [0.15, 0.2) is 5.82 Å². The maximum Gasteiger partial charge on any atom is 0.490 e. The molecule has 4 aromatic rings. The molecule has 356 valence electrons. The summed E-state index contributed by atoms with van der Waals surface area (Å²) < 4.78 is 100. The molecule has 0 bridgehead atoms. The van der Waals surface area contributed by atoms with E-state index in [0.29, 0.717) is 50.8 Å². The average molecular weight is 934 g/mol. The molecule has 2 aliphatic carbocycles. The predicted molar refractivity (Wildman–Crippen MR) is 226 cm³/mol. The molecular weight excluding hydrogens is 884 g/mol. The summed E-state index contributed by atoms with van der Waals surface area (Å²) >= 11 is 0. The fourth-order valence-electron chi connectivity index (χ4n) is 7.63. The molecule has 0 spiro atoms. The molecule has 3 amide bonds. The van der Waals surface area contributed by atoms with Gasteiger partial charge in [-0.15, -0.1) is 0 Å². The molecule has 2 aliphatic rings. The number of halogens is 7. The van der Waals surface area contributed by atoms with Crippen LogP contribution in [0.25, 0.3) is 22.5 Å². The van der Waals surface area contributed by atoms with Crippen molar-refractivity contribution in [1.29, 1.82) is 0 Å². The summed E-state index contributed by atoms with van der Waals surface area (Å²) in [5.74, 6) is -17.8. The van der Waals surface area contributed by atoms with Crippen LogP contribution in [0.4, 0.5) is 36.4 Å². The number of nitrogens with one attached hydrogen (secondary N) is 3. The number of carbonyl (C=O) groups excluding carboxylic acids is 5. The van der Waals surface area contributed by atoms with E-state index in [-0.39, 0.29) is 35.3 Å². The molecular formula is C45H50F7N7O7. The number of anilines is 1. The summed E-state index contributed by atoms with van der Waals surface area (Å²) in [6, 6.07) is 17.3. The van der Waals surface area contributed by atoms with Gasteiger partial charge in [0, 0.05) is 29.2 Å². The zero-order valence-electron chi connectivity index (χ0n) is 36.0. The maximum absolute atomic E-state index is 14.5. The molecule has 1 atom stereocenters. The zero-order valence-corrected chi connectivity index (χ0v) is 36.0. The van der Waals surface area contributed by atoms with Gasteiger partial charge in [0.2, 0.25) is 23.5 Å². The standard InChI is InChI=1S/C37H39F4N7O5.C8H11F3O2/c1-20-17-26(30(43)49)13-16-28(20)23-7-3-21(4-8-23)18-29(45-32(50)25-9-5-22(19-42)6-10-25)33(51)44-27-14-11-24(12-15-27)31-46-34(48-47-31)36(38,39)37(40,41)35(52)53-2;9-8(10,11)7(12)13-6-4-2-1-3-5-6/h3-4,7-8,11-17,22,25,29H,5-6,9-10,18-19,42H2,1-2H3,(H2,43,49)(H,44,51)(H,45,50)(H,46,47,48);6H,1-5H2/t22?,25?,29-;/m0./s1. The van der Waals surface area contributed by atoms with Crippen LogP contribution in [0.5, 0.6) is 0 Å². The Balaban J connectivity index is 0.000000540. The number of H-pyrrole nitrogens is 1. The number of nitrogens with two attached hydrogens (primary N) is 2. The SMILES string of the molecule is COC(=O)C(F)(F)C(F)(F)c1nc(-c2ccc(NC(=O)[C@H](Cc3ccc(-c4ccc(C(N)=O)cc4C)cc3)NC(=O)C3CCC(CN)CC3)cc2)n[nH]1.O=C(OC1CCCCC1)C(F)(F)F. The molecule has 0 radical (unpaired) electrons. The van der Waals surface area contributed by atoms with Gasteiger partial charge in [-0.3, -0.25) is 19.5 Å². The maximum atomic E-state index is 14.5. The van der Waals surface area contributed by atoms with E-state index >= 15 is 0 Å². The topological polar surface area (TPSA) is 221 Å². The lowest BCUT2D eigenvalue weighted by Gasteiger charge is -2.28. The molecule has 1 heterocycles. The third-order valence-corrected chi connectivity index (χ3v) is 11.5. The molecule has 0 aliphatic heterocycles. The number of hydrogen-bond acceptors (Lipinski definition) is 10. The Bertz CT molecular complexity index is 2330. The van der Waals surface area contributed by atoms with E-state index in [9.17, 15) is 54.7 Å². The number of nitrogens with zero attached hydrogens (tertiary/aromatic N) is 2. The Hall–Kier alpha value is -6.38. The summed E-state index contributed by atoms with van der Waals surface area (Å²) in [6.45, 7) is 2.42. The molecule has 0 unspecified atom stereocenters. The number of aromatic amines is 1. The number of rotatable bonds is 14. The molecule has 21 heteroatoms. The third-order valence-electron chi connectivity index (χ3n) is 11.5. The number of hydrogen-bond donors (Lipinski definition) is 5. The lowest BCUT2D eigenvalue weighted by molar-refractivity contribution is -0.233. The third kappa shape index (κ3) is 12.7. The fraction of sp³-hybridized carbons (Fsp3) is 0.444. The van der Waals surface area contributed by atoms with Gasteiger partial charge in [0.25, 0.3) is 0 Å². The number of benzene rings is 3. The number of aryl methyl sites for hydroxylation is 1. The number of carbonyl (C=O) groups is 5. The van der Waals surface area contributed by atoms with Gasteiger partial charge >= 0.3 is 30.0 Å². The molecule has 66 heavy (non-hydrogen) atoms. The normalized spacial score (nSPS) is 17.4. The predicted octanol–water partition coefficient (Wildman–Crippen LogP) is 7.30. The van der Waals surface area contributed by atoms with Crippen molar-refractivity contribution in [2.45, 2.75) is 101 Å². The number of primary amides is 1. The first-order valence-electron chi connectivity index (χ1n) is 21.1. The van der Waals surface area contributed by atoms with Gasteiger partial charge in [-0.05, 0) is 129 Å². The van der Waals surface area contributed by atoms with Crippen molar-refractivity contribution >= 4 is 35.3 Å². The summed E-state index contributed by atoms with van der Waals surface area (Å²) in [6.07, 6.45) is 1.53. The van der Waals surface area contributed by atoms with Gasteiger partial charge in [-0.25, -0.2) is 14.6 Å². The van der Waals surface area contributed by atoms with Crippen LogP contribution in [0.15, 0.2) is 66.7 Å². The Morgan fingerprint density at radius 3 is 2.00 bits per heavy atom. The number of methoxy groups -OCH3 is 1. The van der Waals surface area contributed by atoms with E-state index in [4.69, 9.17) is 11.5 Å². The highest BCUT2D eigenvalue weighted by Crippen LogP contribution is 2.42. The van der Waals surface area contributed by atoms with Crippen molar-refractivity contribution in [3.8, 4) is 22.5 Å². The van der Waals surface area contributed by atoms with Crippen molar-refractivity contribution in [2.75, 3.05) is 19.0 Å². The van der Waals surface area contributed by atoms with Crippen LogP contribution in [0.1, 0.15) is 85.1 Å². The van der Waals surface area contributed by atoms with E-state index in [0.717, 1.165) is 54.4 Å². The molecule has 7 N–H and O–H groups in total. The minimum absolute atomic E-state index is 0.139. The number of alkyl halides is 7. The Kier molecular flexibility index (Phi) is 16.7. The van der Waals surface area contributed by atoms with E-state index < -0.39 is 59.7 Å². The molecule has 1 aromatic heterocycles. The fourth-order valence-corrected chi connectivity index (χ4v) is 7.63. The van der Waals surface area contributed by atoms with E-state index in [1.54, 1.807) is 17.2 Å². The Labute approximate surface area is 374 Å². The lowest BCUT2D eigenvalue weighted by atomic mass is 9.81. The van der Waals surface area contributed by atoms with Gasteiger partial charge < -0.3 is 31.6 Å². The minimum atomic E-state index is -5.21. The van der Waals surface area contributed by atoms with Crippen LogP contribution in [0, 0.1) is 18.8 Å². The van der Waals surface area contributed by atoms with Crippen molar-refractivity contribution in [3.05, 3.63) is 89.2 Å². The first kappa shape index (κ1) is 50.6. The van der Waals surface area contributed by atoms with Crippen LogP contribution in [0.3, 0.4) is 0 Å².